The van der Waals surface area contributed by atoms with Gasteiger partial charge in [-0.2, -0.15) is 5.10 Å². The van der Waals surface area contributed by atoms with Crippen LogP contribution in [0.15, 0.2) is 12.4 Å². The molecule has 0 unspecified atom stereocenters. The monoisotopic (exact) mass is 255 g/mol. The van der Waals surface area contributed by atoms with Gasteiger partial charge in [0, 0.05) is 18.8 Å². The second kappa shape index (κ2) is 6.72. The van der Waals surface area contributed by atoms with Crippen molar-refractivity contribution in [2.45, 2.75) is 25.4 Å². The fourth-order valence-electron chi connectivity index (χ4n) is 2.12. The molecule has 0 saturated heterocycles. The van der Waals surface area contributed by atoms with Gasteiger partial charge in [0.05, 0.1) is 38.2 Å². The maximum atomic E-state index is 8.94. The predicted octanol–water partition coefficient (Wildman–Crippen LogP) is 0.0748. The van der Waals surface area contributed by atoms with Crippen LogP contribution in [0.4, 0.5) is 5.69 Å². The third kappa shape index (κ3) is 3.69. The van der Waals surface area contributed by atoms with Gasteiger partial charge in [0.1, 0.15) is 0 Å². The highest BCUT2D eigenvalue weighted by molar-refractivity contribution is 5.39. The molecular weight excluding hydrogens is 234 g/mol. The summed E-state index contributed by atoms with van der Waals surface area (Å²) in [6.07, 6.45) is 5.81. The Morgan fingerprint density at radius 2 is 2.22 bits per heavy atom. The van der Waals surface area contributed by atoms with Gasteiger partial charge in [-0.3, -0.25) is 4.68 Å². The molecule has 6 nitrogen and oxygen atoms in total. The number of aliphatic hydroxyl groups is 2. The molecule has 2 rings (SSSR count). The van der Waals surface area contributed by atoms with Crippen molar-refractivity contribution in [2.24, 2.45) is 5.92 Å². The number of rotatable bonds is 8. The molecule has 102 valence electrons. The quantitative estimate of drug-likeness (QED) is 0.573. The highest BCUT2D eigenvalue weighted by Gasteiger charge is 2.28. The summed E-state index contributed by atoms with van der Waals surface area (Å²) in [5.41, 5.74) is 1.01. The summed E-state index contributed by atoms with van der Waals surface area (Å²) in [4.78, 5) is 0. The first kappa shape index (κ1) is 13.3. The van der Waals surface area contributed by atoms with Crippen LogP contribution in [-0.4, -0.2) is 52.5 Å². The van der Waals surface area contributed by atoms with Gasteiger partial charge >= 0.3 is 0 Å². The molecule has 1 saturated carbocycles. The summed E-state index contributed by atoms with van der Waals surface area (Å²) in [7, 11) is 0. The van der Waals surface area contributed by atoms with Crippen LogP contribution in [0.2, 0.25) is 0 Å². The molecule has 0 radical (unpaired) electrons. The van der Waals surface area contributed by atoms with Gasteiger partial charge in [0.15, 0.2) is 0 Å². The number of nitrogens with zero attached hydrogens (tertiary/aromatic N) is 2. The number of anilines is 1. The molecule has 3 N–H and O–H groups in total. The van der Waals surface area contributed by atoms with E-state index in [1.807, 2.05) is 10.9 Å². The zero-order chi connectivity index (χ0) is 12.8. The van der Waals surface area contributed by atoms with E-state index in [0.717, 1.165) is 18.5 Å². The van der Waals surface area contributed by atoms with Crippen molar-refractivity contribution in [2.75, 3.05) is 31.7 Å². The Kier molecular flexibility index (Phi) is 4.98. The first-order chi connectivity index (χ1) is 8.81. The van der Waals surface area contributed by atoms with Crippen LogP contribution in [-0.2, 0) is 11.3 Å². The molecule has 6 heteroatoms. The van der Waals surface area contributed by atoms with Crippen LogP contribution in [0.5, 0.6) is 0 Å². The van der Waals surface area contributed by atoms with Crippen LogP contribution in [0.25, 0.3) is 0 Å². The zero-order valence-corrected chi connectivity index (χ0v) is 10.5. The summed E-state index contributed by atoms with van der Waals surface area (Å²) >= 11 is 0. The Morgan fingerprint density at radius 3 is 2.94 bits per heavy atom. The number of ether oxygens (including phenoxy) is 1. The van der Waals surface area contributed by atoms with E-state index in [0.29, 0.717) is 38.3 Å². The summed E-state index contributed by atoms with van der Waals surface area (Å²) < 4.78 is 7.00. The lowest BCUT2D eigenvalue weighted by atomic mass is 9.81. The van der Waals surface area contributed by atoms with E-state index in [1.54, 1.807) is 6.20 Å². The fraction of sp³-hybridized carbons (Fsp3) is 0.750. The first-order valence-corrected chi connectivity index (χ1v) is 6.40. The van der Waals surface area contributed by atoms with E-state index in [-0.39, 0.29) is 6.61 Å². The Bertz CT molecular complexity index is 350. The van der Waals surface area contributed by atoms with E-state index >= 15 is 0 Å². The lowest BCUT2D eigenvalue weighted by Gasteiger charge is -2.34. The molecule has 0 amide bonds. The maximum absolute atomic E-state index is 8.94. The molecule has 0 aliphatic heterocycles. The molecule has 0 spiro atoms. The third-order valence-electron chi connectivity index (χ3n) is 3.20. The largest absolute Gasteiger partial charge is 0.396 e. The summed E-state index contributed by atoms with van der Waals surface area (Å²) in [5.74, 6) is 0.462. The van der Waals surface area contributed by atoms with E-state index in [1.165, 1.54) is 0 Å². The molecule has 1 fully saturated rings. The van der Waals surface area contributed by atoms with Crippen LogP contribution < -0.4 is 5.32 Å². The maximum Gasteiger partial charge on any atom is 0.0728 e. The van der Waals surface area contributed by atoms with Crippen molar-refractivity contribution >= 4 is 5.69 Å². The molecule has 1 aromatic heterocycles. The van der Waals surface area contributed by atoms with Crippen LogP contribution in [0.3, 0.4) is 0 Å². The highest BCUT2D eigenvalue weighted by atomic mass is 16.5. The molecule has 0 atom stereocenters. The lowest BCUT2D eigenvalue weighted by Crippen LogP contribution is -2.37. The Morgan fingerprint density at radius 1 is 1.39 bits per heavy atom. The second-order valence-electron chi connectivity index (χ2n) is 4.69. The van der Waals surface area contributed by atoms with Gasteiger partial charge in [-0.1, -0.05) is 0 Å². The number of hydrogen-bond acceptors (Lipinski definition) is 5. The van der Waals surface area contributed by atoms with Crippen LogP contribution in [0, 0.1) is 5.92 Å². The smallest absolute Gasteiger partial charge is 0.0728 e. The van der Waals surface area contributed by atoms with Crippen molar-refractivity contribution in [3.8, 4) is 0 Å². The molecule has 1 aliphatic rings. The Labute approximate surface area is 107 Å². The Hall–Kier alpha value is -1.11. The number of hydrogen-bond donors (Lipinski definition) is 3. The third-order valence-corrected chi connectivity index (χ3v) is 3.20. The van der Waals surface area contributed by atoms with Crippen molar-refractivity contribution in [1.82, 2.24) is 9.78 Å². The van der Waals surface area contributed by atoms with Gasteiger partial charge in [-0.25, -0.2) is 0 Å². The normalized spacial score (nSPS) is 22.8. The fourth-order valence-corrected chi connectivity index (χ4v) is 2.12. The number of aromatic nitrogens is 2. The average molecular weight is 255 g/mol. The minimum absolute atomic E-state index is 0.0552. The van der Waals surface area contributed by atoms with Crippen LogP contribution >= 0.6 is 0 Å². The van der Waals surface area contributed by atoms with Crippen LogP contribution in [0.1, 0.15) is 12.8 Å². The minimum atomic E-state index is 0.0552. The van der Waals surface area contributed by atoms with Crippen molar-refractivity contribution in [3.05, 3.63) is 12.4 Å². The summed E-state index contributed by atoms with van der Waals surface area (Å²) in [6, 6.07) is 0.463. The van der Waals surface area contributed by atoms with Crippen molar-refractivity contribution < 1.29 is 14.9 Å². The zero-order valence-electron chi connectivity index (χ0n) is 10.5. The SMILES string of the molecule is OCCOCCn1cc(NC2CC(CO)C2)cn1. The second-order valence-corrected chi connectivity index (χ2v) is 4.69. The van der Waals surface area contributed by atoms with Gasteiger partial charge in [0.2, 0.25) is 0 Å². The van der Waals surface area contributed by atoms with Gasteiger partial charge in [-0.15, -0.1) is 0 Å². The van der Waals surface area contributed by atoms with E-state index < -0.39 is 0 Å². The number of aliphatic hydroxyl groups excluding tert-OH is 2. The molecule has 0 bridgehead atoms. The average Bonchev–Trinajstić information content (AvgIpc) is 2.76. The molecule has 1 aliphatic carbocycles. The first-order valence-electron chi connectivity index (χ1n) is 6.40. The standard InChI is InChI=1S/C12H21N3O3/c16-2-4-18-3-1-15-8-12(7-13-15)14-11-5-10(6-11)9-17/h7-8,10-11,14,16-17H,1-6,9H2. The van der Waals surface area contributed by atoms with Crippen molar-refractivity contribution in [3.63, 3.8) is 0 Å². The van der Waals surface area contributed by atoms with E-state index in [9.17, 15) is 0 Å². The van der Waals surface area contributed by atoms with Gasteiger partial charge in [-0.05, 0) is 18.8 Å². The van der Waals surface area contributed by atoms with Gasteiger partial charge in [0.25, 0.3) is 0 Å². The molecule has 1 aromatic rings. The predicted molar refractivity (Wildman–Crippen MR) is 67.4 cm³/mol. The molecule has 1 heterocycles. The molecule has 0 aromatic carbocycles. The van der Waals surface area contributed by atoms with E-state index in [2.05, 4.69) is 10.4 Å². The van der Waals surface area contributed by atoms with Gasteiger partial charge < -0.3 is 20.3 Å². The Balaban J connectivity index is 1.66. The van der Waals surface area contributed by atoms with E-state index in [4.69, 9.17) is 14.9 Å². The summed E-state index contributed by atoms with van der Waals surface area (Å²) in [5, 5.41) is 25.1. The van der Waals surface area contributed by atoms with Crippen molar-refractivity contribution in [1.29, 1.82) is 0 Å². The summed E-state index contributed by atoms with van der Waals surface area (Å²) in [6.45, 7) is 1.96. The molecule has 18 heavy (non-hydrogen) atoms. The number of nitrogens with one attached hydrogen (secondary N) is 1. The lowest BCUT2D eigenvalue weighted by molar-refractivity contribution is 0.0854. The highest BCUT2D eigenvalue weighted by Crippen LogP contribution is 2.29. The molecular formula is C12H21N3O3. The minimum Gasteiger partial charge on any atom is -0.396 e. The topological polar surface area (TPSA) is 79.5 Å².